The summed E-state index contributed by atoms with van der Waals surface area (Å²) >= 11 is 1.20. The van der Waals surface area contributed by atoms with Crippen molar-refractivity contribution in [3.63, 3.8) is 0 Å². The van der Waals surface area contributed by atoms with Gasteiger partial charge in [0.15, 0.2) is 0 Å². The van der Waals surface area contributed by atoms with Gasteiger partial charge in [-0.2, -0.15) is 0 Å². The Morgan fingerprint density at radius 3 is 3.00 bits per heavy atom. The summed E-state index contributed by atoms with van der Waals surface area (Å²) in [5, 5.41) is 10.4. The van der Waals surface area contributed by atoms with Crippen molar-refractivity contribution in [1.82, 2.24) is 15.1 Å². The molecule has 2 unspecified atom stereocenters. The van der Waals surface area contributed by atoms with Crippen LogP contribution in [0.1, 0.15) is 18.0 Å². The Balaban J connectivity index is 1.88. The average molecular weight is 320 g/mol. The third-order valence-corrected chi connectivity index (χ3v) is 4.31. The number of benzene rings is 1. The maximum absolute atomic E-state index is 13.5. The van der Waals surface area contributed by atoms with Gasteiger partial charge in [0.05, 0.1) is 12.0 Å². The number of nitrogens with zero attached hydrogens (tertiary/aromatic N) is 3. The molecule has 0 aliphatic carbocycles. The number of amides is 2. The number of likely N-dealkylation sites (tertiary alicyclic amines) is 1. The number of halogens is 1. The second-order valence-electron chi connectivity index (χ2n) is 5.05. The normalized spacial score (nSPS) is 21.2. The zero-order chi connectivity index (χ0) is 15.7. The van der Waals surface area contributed by atoms with Gasteiger partial charge in [-0.1, -0.05) is 23.5 Å². The van der Waals surface area contributed by atoms with Crippen LogP contribution in [0.15, 0.2) is 29.8 Å². The molecule has 1 N–H and O–H groups in total. The standard InChI is InChI=1S/C14H13FN4O2S/c1-19-11(20)6-10(13(21)17-14-18-16-7-22-14)12(19)8-3-2-4-9(15)5-8/h2-5,7,10,12H,6H2,1H3,(H,17,18,21). The fraction of sp³-hybridized carbons (Fsp3) is 0.286. The molecule has 1 aliphatic heterocycles. The minimum absolute atomic E-state index is 0.0856. The van der Waals surface area contributed by atoms with Crippen molar-refractivity contribution in [2.24, 2.45) is 5.92 Å². The highest BCUT2D eigenvalue weighted by molar-refractivity contribution is 7.13. The predicted octanol–water partition coefficient (Wildman–Crippen LogP) is 1.84. The van der Waals surface area contributed by atoms with Crippen LogP contribution < -0.4 is 5.32 Å². The third kappa shape index (κ3) is 2.69. The number of carbonyl (C=O) groups is 2. The molecule has 1 aliphatic rings. The lowest BCUT2D eigenvalue weighted by Gasteiger charge is -2.24. The Kier molecular flexibility index (Phi) is 3.84. The smallest absolute Gasteiger partial charge is 0.232 e. The van der Waals surface area contributed by atoms with Gasteiger partial charge < -0.3 is 10.2 Å². The first-order valence-corrected chi connectivity index (χ1v) is 7.52. The second kappa shape index (κ2) is 5.80. The summed E-state index contributed by atoms with van der Waals surface area (Å²) in [6, 6.07) is 5.48. The molecular weight excluding hydrogens is 307 g/mol. The number of anilines is 1. The SMILES string of the molecule is CN1C(=O)CC(C(=O)Nc2nncs2)C1c1cccc(F)c1. The molecule has 0 saturated carbocycles. The topological polar surface area (TPSA) is 75.2 Å². The summed E-state index contributed by atoms with van der Waals surface area (Å²) in [4.78, 5) is 25.9. The molecule has 3 rings (SSSR count). The summed E-state index contributed by atoms with van der Waals surface area (Å²) in [5.41, 5.74) is 2.11. The maximum Gasteiger partial charge on any atom is 0.232 e. The van der Waals surface area contributed by atoms with Gasteiger partial charge in [-0.3, -0.25) is 9.59 Å². The molecule has 2 heterocycles. The van der Waals surface area contributed by atoms with Gasteiger partial charge in [-0.15, -0.1) is 10.2 Å². The molecule has 2 atom stereocenters. The highest BCUT2D eigenvalue weighted by Crippen LogP contribution is 2.37. The number of aromatic nitrogens is 2. The summed E-state index contributed by atoms with van der Waals surface area (Å²) in [6.45, 7) is 0. The van der Waals surface area contributed by atoms with E-state index >= 15 is 0 Å². The maximum atomic E-state index is 13.5. The van der Waals surface area contributed by atoms with Gasteiger partial charge in [-0.05, 0) is 17.7 Å². The lowest BCUT2D eigenvalue weighted by molar-refractivity contribution is -0.127. The van der Waals surface area contributed by atoms with Crippen LogP contribution in [-0.4, -0.2) is 34.0 Å². The van der Waals surface area contributed by atoms with Gasteiger partial charge in [0, 0.05) is 13.5 Å². The number of rotatable bonds is 3. The van der Waals surface area contributed by atoms with Crippen LogP contribution in [0.2, 0.25) is 0 Å². The predicted molar refractivity (Wildman–Crippen MR) is 78.6 cm³/mol. The molecule has 22 heavy (non-hydrogen) atoms. The number of nitrogens with one attached hydrogen (secondary N) is 1. The number of carbonyl (C=O) groups excluding carboxylic acids is 2. The first-order chi connectivity index (χ1) is 10.6. The Hall–Kier alpha value is -2.35. The van der Waals surface area contributed by atoms with Crippen LogP contribution in [0.3, 0.4) is 0 Å². The summed E-state index contributed by atoms with van der Waals surface area (Å²) in [5.74, 6) is -1.45. The molecule has 8 heteroatoms. The molecular formula is C14H13FN4O2S. The molecule has 1 saturated heterocycles. The number of hydrogen-bond donors (Lipinski definition) is 1. The van der Waals surface area contributed by atoms with Gasteiger partial charge in [-0.25, -0.2) is 4.39 Å². The van der Waals surface area contributed by atoms with E-state index in [1.807, 2.05) is 0 Å². The fourth-order valence-electron chi connectivity index (χ4n) is 2.68. The molecule has 2 amide bonds. The molecule has 0 spiro atoms. The van der Waals surface area contributed by atoms with E-state index in [1.54, 1.807) is 19.2 Å². The van der Waals surface area contributed by atoms with Crippen molar-refractivity contribution in [2.75, 3.05) is 12.4 Å². The van der Waals surface area contributed by atoms with Crippen molar-refractivity contribution in [3.05, 3.63) is 41.2 Å². The second-order valence-corrected chi connectivity index (χ2v) is 5.88. The minimum Gasteiger partial charge on any atom is -0.338 e. The first-order valence-electron chi connectivity index (χ1n) is 6.64. The molecule has 1 fully saturated rings. The van der Waals surface area contributed by atoms with Crippen LogP contribution >= 0.6 is 11.3 Å². The van der Waals surface area contributed by atoms with E-state index in [0.717, 1.165) is 0 Å². The van der Waals surface area contributed by atoms with Gasteiger partial charge in [0.1, 0.15) is 11.3 Å². The van der Waals surface area contributed by atoms with Crippen LogP contribution in [0.25, 0.3) is 0 Å². The monoisotopic (exact) mass is 320 g/mol. The molecule has 114 valence electrons. The van der Waals surface area contributed by atoms with Crippen LogP contribution in [-0.2, 0) is 9.59 Å². The summed E-state index contributed by atoms with van der Waals surface area (Å²) in [7, 11) is 1.62. The van der Waals surface area contributed by atoms with Crippen molar-refractivity contribution in [2.45, 2.75) is 12.5 Å². The van der Waals surface area contributed by atoms with E-state index < -0.39 is 17.8 Å². The third-order valence-electron chi connectivity index (χ3n) is 3.70. The molecule has 6 nitrogen and oxygen atoms in total. The lowest BCUT2D eigenvalue weighted by atomic mass is 9.93. The van der Waals surface area contributed by atoms with Gasteiger partial charge in [0.2, 0.25) is 16.9 Å². The molecule has 1 aromatic carbocycles. The van der Waals surface area contributed by atoms with Crippen LogP contribution in [0, 0.1) is 11.7 Å². The number of hydrogen-bond acceptors (Lipinski definition) is 5. The first kappa shape index (κ1) is 14.6. The highest BCUT2D eigenvalue weighted by Gasteiger charge is 2.42. The van der Waals surface area contributed by atoms with E-state index in [-0.39, 0.29) is 18.2 Å². The van der Waals surface area contributed by atoms with Crippen molar-refractivity contribution in [1.29, 1.82) is 0 Å². The Labute approximate surface area is 130 Å². The van der Waals surface area contributed by atoms with Crippen molar-refractivity contribution >= 4 is 28.3 Å². The van der Waals surface area contributed by atoms with E-state index in [9.17, 15) is 14.0 Å². The quantitative estimate of drug-likeness (QED) is 0.936. The van der Waals surface area contributed by atoms with E-state index in [4.69, 9.17) is 0 Å². The zero-order valence-corrected chi connectivity index (χ0v) is 12.5. The minimum atomic E-state index is -0.594. The molecule has 0 radical (unpaired) electrons. The fourth-order valence-corrected chi connectivity index (χ4v) is 3.12. The van der Waals surface area contributed by atoms with Gasteiger partial charge >= 0.3 is 0 Å². The zero-order valence-electron chi connectivity index (χ0n) is 11.7. The lowest BCUT2D eigenvalue weighted by Crippen LogP contribution is -2.30. The van der Waals surface area contributed by atoms with Crippen molar-refractivity contribution < 1.29 is 14.0 Å². The van der Waals surface area contributed by atoms with Crippen molar-refractivity contribution in [3.8, 4) is 0 Å². The Morgan fingerprint density at radius 1 is 1.50 bits per heavy atom. The Bertz CT molecular complexity index is 707. The van der Waals surface area contributed by atoms with Crippen LogP contribution in [0.4, 0.5) is 9.52 Å². The van der Waals surface area contributed by atoms with E-state index in [0.29, 0.717) is 10.7 Å². The van der Waals surface area contributed by atoms with Crippen LogP contribution in [0.5, 0.6) is 0 Å². The molecule has 0 bridgehead atoms. The van der Waals surface area contributed by atoms with E-state index in [2.05, 4.69) is 15.5 Å². The van der Waals surface area contributed by atoms with Gasteiger partial charge in [0.25, 0.3) is 0 Å². The largest absolute Gasteiger partial charge is 0.338 e. The average Bonchev–Trinajstić information content (AvgIpc) is 3.08. The molecule has 2 aromatic rings. The Morgan fingerprint density at radius 2 is 2.32 bits per heavy atom. The summed E-state index contributed by atoms with van der Waals surface area (Å²) < 4.78 is 13.5. The summed E-state index contributed by atoms with van der Waals surface area (Å²) in [6.07, 6.45) is 0.0856. The molecule has 1 aromatic heterocycles. The van der Waals surface area contributed by atoms with E-state index in [1.165, 1.54) is 33.9 Å². The highest BCUT2D eigenvalue weighted by atomic mass is 32.1.